The summed E-state index contributed by atoms with van der Waals surface area (Å²) in [5.41, 5.74) is 0. The van der Waals surface area contributed by atoms with Crippen LogP contribution in [0.15, 0.2) is 30.3 Å². The van der Waals surface area contributed by atoms with Crippen LogP contribution >= 0.6 is 0 Å². The Bertz CT molecular complexity index is 381. The van der Waals surface area contributed by atoms with Gasteiger partial charge in [-0.2, -0.15) is 0 Å². The highest BCUT2D eigenvalue weighted by molar-refractivity contribution is 5.81. The zero-order valence-electron chi connectivity index (χ0n) is 10.8. The Hall–Kier alpha value is -1.55. The van der Waals surface area contributed by atoms with Crippen molar-refractivity contribution in [2.75, 3.05) is 26.2 Å². The largest absolute Gasteiger partial charge is 0.492 e. The molecule has 1 aromatic rings. The third-order valence-electron chi connectivity index (χ3n) is 3.11. The molecule has 1 aromatic carbocycles. The zero-order chi connectivity index (χ0) is 12.8. The number of ether oxygens (including phenoxy) is 1. The number of carbonyl (C=O) groups is 1. The summed E-state index contributed by atoms with van der Waals surface area (Å²) in [4.78, 5) is 13.9. The van der Waals surface area contributed by atoms with E-state index in [1.165, 1.54) is 0 Å². The summed E-state index contributed by atoms with van der Waals surface area (Å²) in [7, 11) is 0. The molecule has 1 heterocycles. The molecule has 4 heteroatoms. The van der Waals surface area contributed by atoms with E-state index in [9.17, 15) is 4.79 Å². The van der Waals surface area contributed by atoms with Crippen molar-refractivity contribution in [2.24, 2.45) is 0 Å². The minimum Gasteiger partial charge on any atom is -0.492 e. The van der Waals surface area contributed by atoms with Crippen molar-refractivity contribution < 1.29 is 9.53 Å². The number of nitrogens with zero attached hydrogens (tertiary/aromatic N) is 1. The van der Waals surface area contributed by atoms with Crippen LogP contribution in [-0.2, 0) is 4.79 Å². The van der Waals surface area contributed by atoms with Crippen molar-refractivity contribution in [1.82, 2.24) is 10.2 Å². The number of rotatable bonds is 4. The van der Waals surface area contributed by atoms with E-state index in [-0.39, 0.29) is 11.9 Å². The van der Waals surface area contributed by atoms with Crippen LogP contribution in [0.1, 0.15) is 13.3 Å². The molecule has 1 N–H and O–H groups in total. The third kappa shape index (κ3) is 3.47. The number of benzene rings is 1. The van der Waals surface area contributed by atoms with Crippen molar-refractivity contribution in [3.05, 3.63) is 30.3 Å². The van der Waals surface area contributed by atoms with Crippen LogP contribution in [0.25, 0.3) is 0 Å². The van der Waals surface area contributed by atoms with Crippen LogP contribution in [0.4, 0.5) is 0 Å². The lowest BCUT2D eigenvalue weighted by molar-refractivity contribution is -0.132. The second kappa shape index (κ2) is 6.40. The fourth-order valence-electron chi connectivity index (χ4n) is 2.07. The van der Waals surface area contributed by atoms with Crippen molar-refractivity contribution >= 4 is 5.91 Å². The molecule has 1 aliphatic heterocycles. The monoisotopic (exact) mass is 248 g/mol. The van der Waals surface area contributed by atoms with Gasteiger partial charge < -0.3 is 15.0 Å². The van der Waals surface area contributed by atoms with Gasteiger partial charge in [0.2, 0.25) is 5.91 Å². The van der Waals surface area contributed by atoms with Gasteiger partial charge in [0.05, 0.1) is 12.6 Å². The second-order valence-electron chi connectivity index (χ2n) is 4.52. The van der Waals surface area contributed by atoms with Gasteiger partial charge >= 0.3 is 0 Å². The van der Waals surface area contributed by atoms with Crippen LogP contribution in [-0.4, -0.2) is 43.1 Å². The Morgan fingerprint density at radius 1 is 1.39 bits per heavy atom. The van der Waals surface area contributed by atoms with Gasteiger partial charge in [-0.3, -0.25) is 4.79 Å². The summed E-state index contributed by atoms with van der Waals surface area (Å²) in [5, 5.41) is 3.20. The first-order valence-electron chi connectivity index (χ1n) is 6.47. The molecule has 0 aliphatic carbocycles. The second-order valence-corrected chi connectivity index (χ2v) is 4.52. The lowest BCUT2D eigenvalue weighted by Gasteiger charge is -2.22. The van der Waals surface area contributed by atoms with Gasteiger partial charge in [-0.1, -0.05) is 18.2 Å². The molecule has 0 aromatic heterocycles. The van der Waals surface area contributed by atoms with Crippen molar-refractivity contribution in [3.8, 4) is 5.75 Å². The number of nitrogens with one attached hydrogen (secondary N) is 1. The molecular formula is C14H20N2O2. The van der Waals surface area contributed by atoms with E-state index in [4.69, 9.17) is 4.74 Å². The summed E-state index contributed by atoms with van der Waals surface area (Å²) in [6.07, 6.45) is 1.00. The van der Waals surface area contributed by atoms with Gasteiger partial charge in [-0.15, -0.1) is 0 Å². The number of hydrogen-bond acceptors (Lipinski definition) is 3. The molecule has 2 rings (SSSR count). The molecule has 4 nitrogen and oxygen atoms in total. The highest BCUT2D eigenvalue weighted by Crippen LogP contribution is 2.08. The minimum atomic E-state index is -0.0794. The number of carbonyl (C=O) groups excluding carboxylic acids is 1. The Labute approximate surface area is 108 Å². The molecule has 0 spiro atoms. The number of para-hydroxylation sites is 1. The van der Waals surface area contributed by atoms with E-state index in [1.807, 2.05) is 42.2 Å². The molecule has 1 unspecified atom stereocenters. The Balaban J connectivity index is 1.80. The summed E-state index contributed by atoms with van der Waals surface area (Å²) < 4.78 is 5.62. The van der Waals surface area contributed by atoms with Gasteiger partial charge in [-0.05, 0) is 32.0 Å². The number of amides is 1. The normalized spacial score (nSPS) is 20.6. The standard InChI is InChI=1S/C14H20N2O2/c1-12-14(17)16(9-5-8-15-12)10-11-18-13-6-3-2-4-7-13/h2-4,6-7,12,15H,5,8-11H2,1H3. The first-order valence-corrected chi connectivity index (χ1v) is 6.47. The summed E-state index contributed by atoms with van der Waals surface area (Å²) in [5.74, 6) is 1.02. The highest BCUT2D eigenvalue weighted by atomic mass is 16.5. The van der Waals surface area contributed by atoms with Gasteiger partial charge in [0.15, 0.2) is 0 Å². The molecular weight excluding hydrogens is 228 g/mol. The molecule has 0 bridgehead atoms. The van der Waals surface area contributed by atoms with Crippen LogP contribution in [0, 0.1) is 0 Å². The molecule has 1 saturated heterocycles. The van der Waals surface area contributed by atoms with Crippen LogP contribution in [0.5, 0.6) is 5.75 Å². The van der Waals surface area contributed by atoms with Gasteiger partial charge in [-0.25, -0.2) is 0 Å². The maximum atomic E-state index is 12.0. The summed E-state index contributed by atoms with van der Waals surface area (Å²) >= 11 is 0. The van der Waals surface area contributed by atoms with Crippen LogP contribution < -0.4 is 10.1 Å². The third-order valence-corrected chi connectivity index (χ3v) is 3.11. The van der Waals surface area contributed by atoms with Crippen molar-refractivity contribution in [1.29, 1.82) is 0 Å². The maximum Gasteiger partial charge on any atom is 0.239 e. The molecule has 98 valence electrons. The smallest absolute Gasteiger partial charge is 0.239 e. The predicted molar refractivity (Wildman–Crippen MR) is 70.6 cm³/mol. The summed E-state index contributed by atoms with van der Waals surface area (Å²) in [6.45, 7) is 4.83. The lowest BCUT2D eigenvalue weighted by Crippen LogP contribution is -2.43. The first-order chi connectivity index (χ1) is 8.77. The minimum absolute atomic E-state index is 0.0794. The Morgan fingerprint density at radius 3 is 2.94 bits per heavy atom. The van der Waals surface area contributed by atoms with Gasteiger partial charge in [0.1, 0.15) is 12.4 Å². The van der Waals surface area contributed by atoms with E-state index in [0.717, 1.165) is 25.3 Å². The van der Waals surface area contributed by atoms with Crippen molar-refractivity contribution in [2.45, 2.75) is 19.4 Å². The lowest BCUT2D eigenvalue weighted by atomic mass is 10.3. The molecule has 1 atom stereocenters. The molecule has 18 heavy (non-hydrogen) atoms. The topological polar surface area (TPSA) is 41.6 Å². The average molecular weight is 248 g/mol. The highest BCUT2D eigenvalue weighted by Gasteiger charge is 2.22. The van der Waals surface area contributed by atoms with E-state index in [0.29, 0.717) is 13.2 Å². The van der Waals surface area contributed by atoms with E-state index < -0.39 is 0 Å². The number of hydrogen-bond donors (Lipinski definition) is 1. The summed E-state index contributed by atoms with van der Waals surface area (Å²) in [6, 6.07) is 9.61. The fourth-order valence-corrected chi connectivity index (χ4v) is 2.07. The molecule has 0 radical (unpaired) electrons. The average Bonchev–Trinajstić information content (AvgIpc) is 2.55. The Kier molecular flexibility index (Phi) is 4.59. The predicted octanol–water partition coefficient (Wildman–Crippen LogP) is 1.28. The first kappa shape index (κ1) is 12.9. The fraction of sp³-hybridized carbons (Fsp3) is 0.500. The van der Waals surface area contributed by atoms with Crippen LogP contribution in [0.2, 0.25) is 0 Å². The van der Waals surface area contributed by atoms with Crippen LogP contribution in [0.3, 0.4) is 0 Å². The van der Waals surface area contributed by atoms with E-state index in [2.05, 4.69) is 5.32 Å². The van der Waals surface area contributed by atoms with Crippen molar-refractivity contribution in [3.63, 3.8) is 0 Å². The zero-order valence-corrected chi connectivity index (χ0v) is 10.8. The molecule has 1 fully saturated rings. The molecule has 0 saturated carbocycles. The van der Waals surface area contributed by atoms with E-state index in [1.54, 1.807) is 0 Å². The van der Waals surface area contributed by atoms with Gasteiger partial charge in [0.25, 0.3) is 0 Å². The van der Waals surface area contributed by atoms with E-state index >= 15 is 0 Å². The molecule has 1 amide bonds. The molecule has 1 aliphatic rings. The quantitative estimate of drug-likeness (QED) is 0.872. The SMILES string of the molecule is CC1NCCCN(CCOc2ccccc2)C1=O. The van der Waals surface area contributed by atoms with Gasteiger partial charge in [0, 0.05) is 6.54 Å². The Morgan fingerprint density at radius 2 is 2.17 bits per heavy atom. The maximum absolute atomic E-state index is 12.0.